The van der Waals surface area contributed by atoms with Crippen LogP contribution in [0.3, 0.4) is 0 Å². The molecule has 8 heteroatoms. The molecule has 2 rings (SSSR count). The van der Waals surface area contributed by atoms with Gasteiger partial charge in [-0.1, -0.05) is 13.8 Å². The van der Waals surface area contributed by atoms with Gasteiger partial charge in [0, 0.05) is 43.7 Å². The quantitative estimate of drug-likeness (QED) is 0.388. The van der Waals surface area contributed by atoms with Crippen LogP contribution in [-0.2, 0) is 13.0 Å². The molecule has 0 aliphatic rings. The van der Waals surface area contributed by atoms with E-state index in [1.54, 1.807) is 22.7 Å². The van der Waals surface area contributed by atoms with Crippen molar-refractivity contribution in [2.45, 2.75) is 39.7 Å². The largest absolute Gasteiger partial charge is 0.356 e. The lowest BCUT2D eigenvalue weighted by Gasteiger charge is -2.21. The van der Waals surface area contributed by atoms with Crippen LogP contribution in [0.1, 0.15) is 41.2 Å². The number of aromatic nitrogens is 2. The van der Waals surface area contributed by atoms with Gasteiger partial charge in [-0.25, -0.2) is 9.97 Å². The van der Waals surface area contributed by atoms with Crippen molar-refractivity contribution in [1.82, 2.24) is 20.2 Å². The van der Waals surface area contributed by atoms with Gasteiger partial charge in [0.25, 0.3) is 0 Å². The van der Waals surface area contributed by atoms with E-state index in [1.807, 2.05) is 21.0 Å². The van der Waals surface area contributed by atoms with Gasteiger partial charge in [-0.15, -0.1) is 46.7 Å². The zero-order valence-corrected chi connectivity index (χ0v) is 18.8. The van der Waals surface area contributed by atoms with Crippen molar-refractivity contribution >= 4 is 52.6 Å². The molecule has 0 bridgehead atoms. The van der Waals surface area contributed by atoms with E-state index in [0.717, 1.165) is 41.9 Å². The van der Waals surface area contributed by atoms with Crippen molar-refractivity contribution < 1.29 is 0 Å². The first-order chi connectivity index (χ1) is 11.0. The van der Waals surface area contributed by atoms with Crippen LogP contribution in [0.25, 0.3) is 0 Å². The molecule has 2 aromatic rings. The van der Waals surface area contributed by atoms with E-state index in [4.69, 9.17) is 0 Å². The van der Waals surface area contributed by atoms with Gasteiger partial charge < -0.3 is 10.2 Å². The fourth-order valence-electron chi connectivity index (χ4n) is 2.19. The van der Waals surface area contributed by atoms with Crippen LogP contribution >= 0.6 is 46.7 Å². The lowest BCUT2D eigenvalue weighted by atomic mass is 10.2. The number of guanidine groups is 1. The third-order valence-electron chi connectivity index (χ3n) is 3.37. The first-order valence-electron chi connectivity index (χ1n) is 7.76. The standard InChI is InChI=1S/C16H25N5S2.HI/c1-11(2)15-20-13(9-23-15)6-7-18-16(17-4)21(5)8-14-10-22-12(3)19-14;/h9-11H,6-8H2,1-5H3,(H,17,18);1H. The number of hydrogen-bond donors (Lipinski definition) is 1. The summed E-state index contributed by atoms with van der Waals surface area (Å²) in [6.45, 7) is 7.98. The Morgan fingerprint density at radius 1 is 1.25 bits per heavy atom. The lowest BCUT2D eigenvalue weighted by molar-refractivity contribution is 0.471. The molecule has 1 N–H and O–H groups in total. The summed E-state index contributed by atoms with van der Waals surface area (Å²) >= 11 is 3.43. The summed E-state index contributed by atoms with van der Waals surface area (Å²) in [4.78, 5) is 15.6. The monoisotopic (exact) mass is 479 g/mol. The molecule has 5 nitrogen and oxygen atoms in total. The highest BCUT2D eigenvalue weighted by Gasteiger charge is 2.09. The minimum absolute atomic E-state index is 0. The van der Waals surface area contributed by atoms with Gasteiger partial charge in [0.05, 0.1) is 27.9 Å². The van der Waals surface area contributed by atoms with Gasteiger partial charge in [0.2, 0.25) is 0 Å². The molecule has 0 aliphatic carbocycles. The second-order valence-corrected chi connectivity index (χ2v) is 7.72. The first-order valence-corrected chi connectivity index (χ1v) is 9.52. The summed E-state index contributed by atoms with van der Waals surface area (Å²) in [5.41, 5.74) is 2.23. The molecule has 0 saturated carbocycles. The summed E-state index contributed by atoms with van der Waals surface area (Å²) in [5, 5.41) is 9.96. The Morgan fingerprint density at radius 3 is 2.50 bits per heavy atom. The second kappa shape index (κ2) is 10.3. The van der Waals surface area contributed by atoms with Crippen LogP contribution in [-0.4, -0.2) is 41.5 Å². The zero-order chi connectivity index (χ0) is 16.8. The lowest BCUT2D eigenvalue weighted by Crippen LogP contribution is -2.39. The van der Waals surface area contributed by atoms with Gasteiger partial charge >= 0.3 is 0 Å². The molecule has 24 heavy (non-hydrogen) atoms. The van der Waals surface area contributed by atoms with Crippen molar-refractivity contribution in [2.75, 3.05) is 20.6 Å². The molecule has 0 unspecified atom stereocenters. The number of hydrogen-bond acceptors (Lipinski definition) is 5. The maximum absolute atomic E-state index is 4.66. The molecular formula is C16H26IN5S2. The Labute approximate surface area is 169 Å². The average molecular weight is 479 g/mol. The van der Waals surface area contributed by atoms with Crippen LogP contribution in [0.2, 0.25) is 0 Å². The fraction of sp³-hybridized carbons (Fsp3) is 0.562. The number of thiazole rings is 2. The highest BCUT2D eigenvalue weighted by Crippen LogP contribution is 2.19. The van der Waals surface area contributed by atoms with E-state index >= 15 is 0 Å². The molecule has 0 aliphatic heterocycles. The molecule has 0 spiro atoms. The third-order valence-corrected chi connectivity index (χ3v) is 5.38. The van der Waals surface area contributed by atoms with Crippen LogP contribution in [0.15, 0.2) is 15.8 Å². The number of nitrogens with zero attached hydrogens (tertiary/aromatic N) is 4. The first kappa shape index (κ1) is 21.3. The topological polar surface area (TPSA) is 53.4 Å². The van der Waals surface area contributed by atoms with Gasteiger partial charge in [0.1, 0.15) is 0 Å². The van der Waals surface area contributed by atoms with Gasteiger partial charge in [-0.3, -0.25) is 4.99 Å². The maximum Gasteiger partial charge on any atom is 0.193 e. The van der Waals surface area contributed by atoms with Crippen LogP contribution < -0.4 is 5.32 Å². The predicted molar refractivity (Wildman–Crippen MR) is 115 cm³/mol. The number of aryl methyl sites for hydroxylation is 1. The average Bonchev–Trinajstić information content (AvgIpc) is 3.13. The van der Waals surface area contributed by atoms with Crippen LogP contribution in [0, 0.1) is 6.92 Å². The predicted octanol–water partition coefficient (Wildman–Crippen LogP) is 3.90. The zero-order valence-electron chi connectivity index (χ0n) is 14.9. The molecule has 0 aromatic carbocycles. The SMILES string of the molecule is CN=C(NCCc1csc(C(C)C)n1)N(C)Cc1csc(C)n1.I. The Morgan fingerprint density at radius 2 is 1.96 bits per heavy atom. The third kappa shape index (κ3) is 6.29. The Hall–Kier alpha value is -0.740. The molecule has 134 valence electrons. The van der Waals surface area contributed by atoms with Crippen molar-refractivity contribution in [3.8, 4) is 0 Å². The number of aliphatic imine (C=N–C) groups is 1. The van der Waals surface area contributed by atoms with E-state index in [1.165, 1.54) is 5.01 Å². The summed E-state index contributed by atoms with van der Waals surface area (Å²) < 4.78 is 0. The van der Waals surface area contributed by atoms with Crippen LogP contribution in [0.4, 0.5) is 0 Å². The van der Waals surface area contributed by atoms with E-state index in [2.05, 4.69) is 49.8 Å². The number of nitrogens with one attached hydrogen (secondary N) is 1. The Bertz CT molecular complexity index is 650. The molecule has 0 atom stereocenters. The summed E-state index contributed by atoms with van der Waals surface area (Å²) in [6.07, 6.45) is 0.909. The molecule has 0 saturated heterocycles. The Kier molecular flexibility index (Phi) is 9.14. The highest BCUT2D eigenvalue weighted by atomic mass is 127. The van der Waals surface area contributed by atoms with E-state index in [9.17, 15) is 0 Å². The molecular weight excluding hydrogens is 453 g/mol. The molecule has 0 amide bonds. The molecule has 2 aromatic heterocycles. The van der Waals surface area contributed by atoms with Crippen LogP contribution in [0.5, 0.6) is 0 Å². The minimum atomic E-state index is 0. The molecule has 0 radical (unpaired) electrons. The van der Waals surface area contributed by atoms with E-state index in [-0.39, 0.29) is 24.0 Å². The maximum atomic E-state index is 4.66. The number of halogens is 1. The van der Waals surface area contributed by atoms with Crippen molar-refractivity contribution in [3.05, 3.63) is 32.2 Å². The number of rotatable bonds is 6. The van der Waals surface area contributed by atoms with Gasteiger partial charge in [-0.05, 0) is 6.92 Å². The van der Waals surface area contributed by atoms with Crippen molar-refractivity contribution in [2.24, 2.45) is 4.99 Å². The molecule has 2 heterocycles. The van der Waals surface area contributed by atoms with Gasteiger partial charge in [0.15, 0.2) is 5.96 Å². The fourth-order valence-corrected chi connectivity index (χ4v) is 3.66. The smallest absolute Gasteiger partial charge is 0.193 e. The second-order valence-electron chi connectivity index (χ2n) is 5.77. The van der Waals surface area contributed by atoms with E-state index in [0.29, 0.717) is 5.92 Å². The minimum Gasteiger partial charge on any atom is -0.356 e. The normalized spacial score (nSPS) is 11.5. The van der Waals surface area contributed by atoms with Gasteiger partial charge in [-0.2, -0.15) is 0 Å². The summed E-state index contributed by atoms with van der Waals surface area (Å²) in [7, 11) is 3.84. The summed E-state index contributed by atoms with van der Waals surface area (Å²) in [5.74, 6) is 1.39. The highest BCUT2D eigenvalue weighted by molar-refractivity contribution is 14.0. The van der Waals surface area contributed by atoms with Crippen molar-refractivity contribution in [1.29, 1.82) is 0 Å². The molecule has 0 fully saturated rings. The van der Waals surface area contributed by atoms with Crippen molar-refractivity contribution in [3.63, 3.8) is 0 Å². The van der Waals surface area contributed by atoms with E-state index < -0.39 is 0 Å². The Balaban J connectivity index is 0.00000288. The summed E-state index contributed by atoms with van der Waals surface area (Å²) in [6, 6.07) is 0.